The van der Waals surface area contributed by atoms with E-state index in [1.807, 2.05) is 29.2 Å². The van der Waals surface area contributed by atoms with Gasteiger partial charge in [0, 0.05) is 44.0 Å². The zero-order chi connectivity index (χ0) is 29.5. The third-order valence-corrected chi connectivity index (χ3v) is 8.17. The van der Waals surface area contributed by atoms with Crippen molar-refractivity contribution in [2.24, 2.45) is 23.4 Å². The zero-order valence-corrected chi connectivity index (χ0v) is 23.7. The molecular formula is C27H42FN4O7P. The molecule has 0 spiro atoms. The van der Waals surface area contributed by atoms with Crippen molar-refractivity contribution in [2.45, 2.75) is 57.8 Å². The van der Waals surface area contributed by atoms with Crippen LogP contribution < -0.4 is 16.6 Å². The molecule has 13 heteroatoms. The quantitative estimate of drug-likeness (QED) is 0.0975. The number of carbonyl (C=O) groups excluding carboxylic acids is 1. The summed E-state index contributed by atoms with van der Waals surface area (Å²) in [6.45, 7) is 1.18. The number of allylic oxidation sites excluding steroid dienone is 1. The van der Waals surface area contributed by atoms with E-state index in [-0.39, 0.29) is 24.9 Å². The molecule has 0 aliphatic carbocycles. The van der Waals surface area contributed by atoms with Gasteiger partial charge in [-0.15, -0.1) is 0 Å². The summed E-state index contributed by atoms with van der Waals surface area (Å²) in [4.78, 5) is 46.6. The molecule has 0 aromatic heterocycles. The molecule has 0 bridgehead atoms. The van der Waals surface area contributed by atoms with Crippen LogP contribution in [0, 0.1) is 11.8 Å². The molecule has 2 rings (SSSR count). The molecule has 224 valence electrons. The van der Waals surface area contributed by atoms with Crippen molar-refractivity contribution in [3.8, 4) is 0 Å². The van der Waals surface area contributed by atoms with Gasteiger partial charge in [-0.2, -0.15) is 0 Å². The number of nitrogens with zero attached hydrogens (tertiary/aromatic N) is 2. The number of carboxylic acid groups (broad SMARTS) is 2. The van der Waals surface area contributed by atoms with E-state index in [4.69, 9.17) is 21.2 Å². The van der Waals surface area contributed by atoms with Crippen LogP contribution in [0.3, 0.4) is 0 Å². The number of likely N-dealkylation sites (tertiary alicyclic amines) is 1. The molecule has 2 atom stereocenters. The molecule has 1 aliphatic rings. The van der Waals surface area contributed by atoms with Gasteiger partial charge in [-0.05, 0) is 68.6 Å². The van der Waals surface area contributed by atoms with Gasteiger partial charge in [0.25, 0.3) is 0 Å². The van der Waals surface area contributed by atoms with Crippen molar-refractivity contribution >= 4 is 31.9 Å². The topological polar surface area (TPSA) is 180 Å². The molecule has 1 heterocycles. The average molecular weight is 585 g/mol. The smallest absolute Gasteiger partial charge is 0.307 e. The minimum absolute atomic E-state index is 0.0474. The summed E-state index contributed by atoms with van der Waals surface area (Å²) in [5, 5.41) is 19.4. The number of carboxylic acids is 2. The molecule has 1 aromatic rings. The maximum atomic E-state index is 12.7. The monoisotopic (exact) mass is 584 g/mol. The minimum atomic E-state index is -1.94. The van der Waals surface area contributed by atoms with E-state index >= 15 is 0 Å². The Morgan fingerprint density at radius 1 is 1.15 bits per heavy atom. The summed E-state index contributed by atoms with van der Waals surface area (Å²) in [6.07, 6.45) is 5.33. The van der Waals surface area contributed by atoms with Crippen LogP contribution in [-0.2, 0) is 25.3 Å². The first-order chi connectivity index (χ1) is 19.1. The second-order valence-corrected chi connectivity index (χ2v) is 11.3. The van der Waals surface area contributed by atoms with E-state index in [0.717, 1.165) is 24.1 Å². The lowest BCUT2D eigenvalue weighted by atomic mass is 9.93. The number of aryl methyl sites for hydroxylation is 1. The second-order valence-electron chi connectivity index (χ2n) is 10.0. The fourth-order valence-corrected chi connectivity index (χ4v) is 5.60. The highest BCUT2D eigenvalue weighted by molar-refractivity contribution is 7.46. The molecule has 0 radical (unpaired) electrons. The summed E-state index contributed by atoms with van der Waals surface area (Å²) >= 11 is 0. The van der Waals surface area contributed by atoms with Gasteiger partial charge in [-0.25, -0.2) is 5.84 Å². The molecule has 1 aromatic carbocycles. The van der Waals surface area contributed by atoms with Gasteiger partial charge < -0.3 is 30.3 Å². The summed E-state index contributed by atoms with van der Waals surface area (Å²) in [7, 11) is -1.94. The molecule has 1 aliphatic heterocycles. The summed E-state index contributed by atoms with van der Waals surface area (Å²) in [5.41, 5.74) is 8.10. The number of halogens is 1. The van der Waals surface area contributed by atoms with Crippen molar-refractivity contribution in [2.75, 3.05) is 37.5 Å². The molecule has 1 amide bonds. The van der Waals surface area contributed by atoms with E-state index in [0.29, 0.717) is 63.4 Å². The number of hydrazine groups is 1. The molecule has 2 unspecified atom stereocenters. The van der Waals surface area contributed by atoms with Crippen molar-refractivity contribution in [3.05, 3.63) is 41.7 Å². The number of amides is 1. The van der Waals surface area contributed by atoms with Crippen LogP contribution in [0.15, 0.2) is 36.2 Å². The lowest BCUT2D eigenvalue weighted by Gasteiger charge is -2.32. The lowest BCUT2D eigenvalue weighted by Crippen LogP contribution is -2.38. The fraction of sp³-hybridized carbons (Fsp3) is 0.593. The SMILES string of the molecule is N/C(=C\N(N)c1ccc(CCC(=O)N2CCC(CCOP(O)CC(CCC(=O)O)C(=O)O)CC2)cc1)CCCF. The molecule has 1 saturated heterocycles. The molecule has 7 N–H and O–H groups in total. The number of alkyl halides is 1. The van der Waals surface area contributed by atoms with Crippen LogP contribution in [0.4, 0.5) is 10.1 Å². The van der Waals surface area contributed by atoms with Crippen molar-refractivity contribution in [3.63, 3.8) is 0 Å². The third-order valence-electron chi connectivity index (χ3n) is 6.93. The number of hydrogen-bond acceptors (Lipinski definition) is 8. The number of aliphatic carboxylic acids is 2. The lowest BCUT2D eigenvalue weighted by molar-refractivity contribution is -0.142. The van der Waals surface area contributed by atoms with Gasteiger partial charge in [0.05, 0.1) is 24.9 Å². The van der Waals surface area contributed by atoms with E-state index in [9.17, 15) is 28.8 Å². The highest BCUT2D eigenvalue weighted by Gasteiger charge is 2.25. The number of nitrogens with two attached hydrogens (primary N) is 2. The maximum Gasteiger partial charge on any atom is 0.307 e. The van der Waals surface area contributed by atoms with E-state index < -0.39 is 32.9 Å². The summed E-state index contributed by atoms with van der Waals surface area (Å²) < 4.78 is 17.7. The average Bonchev–Trinajstić information content (AvgIpc) is 2.93. The third kappa shape index (κ3) is 12.6. The Kier molecular flexibility index (Phi) is 14.9. The number of anilines is 1. The van der Waals surface area contributed by atoms with Crippen LogP contribution in [0.2, 0.25) is 0 Å². The molecule has 1 fully saturated rings. The van der Waals surface area contributed by atoms with Crippen LogP contribution in [0.25, 0.3) is 0 Å². The summed E-state index contributed by atoms with van der Waals surface area (Å²) in [5.74, 6) is 3.30. The molecular weight excluding hydrogens is 542 g/mol. The van der Waals surface area contributed by atoms with Crippen molar-refractivity contribution in [1.82, 2.24) is 4.90 Å². The Labute approximate surface area is 235 Å². The largest absolute Gasteiger partial charge is 0.481 e. The molecule has 0 saturated carbocycles. The van der Waals surface area contributed by atoms with Crippen LogP contribution in [0.1, 0.15) is 56.9 Å². The molecule has 11 nitrogen and oxygen atoms in total. The first kappa shape index (κ1) is 33.4. The predicted molar refractivity (Wildman–Crippen MR) is 151 cm³/mol. The summed E-state index contributed by atoms with van der Waals surface area (Å²) in [6, 6.07) is 7.53. The van der Waals surface area contributed by atoms with Crippen LogP contribution in [0.5, 0.6) is 0 Å². The van der Waals surface area contributed by atoms with Gasteiger partial charge in [-0.1, -0.05) is 12.1 Å². The van der Waals surface area contributed by atoms with E-state index in [1.165, 1.54) is 5.01 Å². The van der Waals surface area contributed by atoms with Crippen molar-refractivity contribution < 1.29 is 38.4 Å². The number of rotatable bonds is 18. The van der Waals surface area contributed by atoms with Crippen LogP contribution >= 0.6 is 8.38 Å². The van der Waals surface area contributed by atoms with Gasteiger partial charge >= 0.3 is 11.9 Å². The first-order valence-corrected chi connectivity index (χ1v) is 15.0. The van der Waals surface area contributed by atoms with Gasteiger partial charge in [0.15, 0.2) is 8.38 Å². The number of hydrogen-bond donors (Lipinski definition) is 5. The number of piperidine rings is 1. The van der Waals surface area contributed by atoms with Gasteiger partial charge in [-0.3, -0.25) is 23.8 Å². The Morgan fingerprint density at radius 2 is 1.82 bits per heavy atom. The zero-order valence-electron chi connectivity index (χ0n) is 22.8. The Hall–Kier alpha value is -2.79. The highest BCUT2D eigenvalue weighted by Crippen LogP contribution is 2.36. The highest BCUT2D eigenvalue weighted by atomic mass is 31.2. The van der Waals surface area contributed by atoms with E-state index in [1.54, 1.807) is 6.20 Å². The standard InChI is InChI=1S/C27H42FN4O7P/c28-14-1-2-23(29)18-32(30)24-7-3-20(4-8-24)5-9-25(33)31-15-11-21(12-16-31)13-17-39-40(38)19-22(27(36)37)6-10-26(34)35/h3-4,7-8,18,21-22,38H,1-2,5-6,9-17,19,29-30H2,(H,34,35)(H,36,37)/b23-18-. The number of carbonyl (C=O) groups is 3. The van der Waals surface area contributed by atoms with E-state index in [2.05, 4.69) is 0 Å². The Balaban J connectivity index is 1.67. The fourth-order valence-electron chi connectivity index (χ4n) is 4.46. The van der Waals surface area contributed by atoms with Gasteiger partial charge in [0.2, 0.25) is 5.91 Å². The Bertz CT molecular complexity index is 974. The Morgan fingerprint density at radius 3 is 2.42 bits per heavy atom. The maximum absolute atomic E-state index is 12.7. The second kappa shape index (κ2) is 17.8. The normalized spacial score (nSPS) is 16.0. The number of benzene rings is 1. The molecule has 40 heavy (non-hydrogen) atoms. The minimum Gasteiger partial charge on any atom is -0.481 e. The van der Waals surface area contributed by atoms with Crippen molar-refractivity contribution in [1.29, 1.82) is 0 Å². The van der Waals surface area contributed by atoms with Crippen LogP contribution in [-0.4, -0.2) is 70.4 Å². The predicted octanol–water partition coefficient (Wildman–Crippen LogP) is 3.36. The van der Waals surface area contributed by atoms with Gasteiger partial charge in [0.1, 0.15) is 0 Å². The first-order valence-electron chi connectivity index (χ1n) is 13.6.